The van der Waals surface area contributed by atoms with Crippen molar-refractivity contribution in [3.8, 4) is 6.07 Å². The Hall–Kier alpha value is -2.12. The summed E-state index contributed by atoms with van der Waals surface area (Å²) in [6.07, 6.45) is 1.13. The summed E-state index contributed by atoms with van der Waals surface area (Å²) in [4.78, 5) is 4.40. The Balaban J connectivity index is 2.51. The van der Waals surface area contributed by atoms with Gasteiger partial charge in [0.2, 0.25) is 0 Å². The monoisotopic (exact) mass is 244 g/mol. The third-order valence-corrected chi connectivity index (χ3v) is 2.53. The molecule has 0 amide bonds. The minimum atomic E-state index is 0.501. The Morgan fingerprint density at radius 2 is 2.24 bits per heavy atom. The molecule has 0 unspecified atom stereocenters. The first-order valence-corrected chi connectivity index (χ1v) is 5.31. The summed E-state index contributed by atoms with van der Waals surface area (Å²) in [6, 6.07) is 11.3. The Morgan fingerprint density at radius 1 is 1.47 bits per heavy atom. The first kappa shape index (κ1) is 11.4. The fraction of sp³-hybridized carbons (Fsp3) is 0.0833. The van der Waals surface area contributed by atoms with Crippen molar-refractivity contribution >= 4 is 34.5 Å². The van der Waals surface area contributed by atoms with Crippen molar-refractivity contribution in [1.29, 1.82) is 5.26 Å². The van der Waals surface area contributed by atoms with E-state index in [-0.39, 0.29) is 0 Å². The SMILES string of the molecule is CN(N=CC#N)c1nc2ccccc2cc1Cl. The van der Waals surface area contributed by atoms with Crippen molar-refractivity contribution in [2.45, 2.75) is 0 Å². The van der Waals surface area contributed by atoms with Gasteiger partial charge in [0.1, 0.15) is 12.3 Å². The predicted molar refractivity (Wildman–Crippen MR) is 69.3 cm³/mol. The van der Waals surface area contributed by atoms with Gasteiger partial charge in [0.15, 0.2) is 5.82 Å². The Kier molecular flexibility index (Phi) is 3.22. The van der Waals surface area contributed by atoms with Crippen molar-refractivity contribution in [3.63, 3.8) is 0 Å². The number of hydrogen-bond acceptors (Lipinski definition) is 4. The minimum absolute atomic E-state index is 0.501. The first-order valence-electron chi connectivity index (χ1n) is 4.93. The van der Waals surface area contributed by atoms with E-state index in [1.54, 1.807) is 7.05 Å². The largest absolute Gasteiger partial charge is 0.249 e. The number of aromatic nitrogens is 1. The molecule has 0 spiro atoms. The van der Waals surface area contributed by atoms with Gasteiger partial charge in [0, 0.05) is 12.4 Å². The molecule has 0 atom stereocenters. The quantitative estimate of drug-likeness (QED) is 0.603. The summed E-state index contributed by atoms with van der Waals surface area (Å²) in [5.74, 6) is 0.525. The lowest BCUT2D eigenvalue weighted by atomic mass is 10.2. The van der Waals surface area contributed by atoms with Gasteiger partial charge in [-0.15, -0.1) is 0 Å². The summed E-state index contributed by atoms with van der Waals surface area (Å²) in [6.45, 7) is 0. The van der Waals surface area contributed by atoms with Gasteiger partial charge in [0.25, 0.3) is 0 Å². The molecule has 5 heteroatoms. The molecule has 0 aliphatic carbocycles. The molecular weight excluding hydrogens is 236 g/mol. The van der Waals surface area contributed by atoms with E-state index >= 15 is 0 Å². The molecule has 17 heavy (non-hydrogen) atoms. The summed E-state index contributed by atoms with van der Waals surface area (Å²) in [5.41, 5.74) is 0.839. The van der Waals surface area contributed by atoms with Crippen LogP contribution in [-0.2, 0) is 0 Å². The number of fused-ring (bicyclic) bond motifs is 1. The zero-order valence-electron chi connectivity index (χ0n) is 9.13. The molecule has 0 saturated heterocycles. The fourth-order valence-corrected chi connectivity index (χ4v) is 1.76. The standard InChI is InChI=1S/C12H9ClN4/c1-17(15-7-6-14)12-10(13)8-9-4-2-3-5-11(9)16-12/h2-5,7-8H,1H3. The maximum atomic E-state index is 8.42. The second-order valence-corrected chi connectivity index (χ2v) is 3.79. The molecule has 2 aromatic rings. The van der Waals surface area contributed by atoms with Crippen LogP contribution in [0.4, 0.5) is 5.82 Å². The number of para-hydroxylation sites is 1. The molecule has 0 N–H and O–H groups in total. The van der Waals surface area contributed by atoms with Crippen LogP contribution in [0.1, 0.15) is 0 Å². The van der Waals surface area contributed by atoms with Crippen molar-refractivity contribution in [2.24, 2.45) is 5.10 Å². The number of benzene rings is 1. The third-order valence-electron chi connectivity index (χ3n) is 2.25. The zero-order valence-corrected chi connectivity index (χ0v) is 9.89. The van der Waals surface area contributed by atoms with Crippen molar-refractivity contribution in [1.82, 2.24) is 4.98 Å². The maximum absolute atomic E-state index is 8.42. The summed E-state index contributed by atoms with van der Waals surface area (Å²) < 4.78 is 0. The van der Waals surface area contributed by atoms with Crippen LogP contribution >= 0.6 is 11.6 Å². The first-order chi connectivity index (χ1) is 8.22. The molecule has 1 aromatic heterocycles. The second kappa shape index (κ2) is 4.81. The van der Waals surface area contributed by atoms with Crippen molar-refractivity contribution < 1.29 is 0 Å². The highest BCUT2D eigenvalue weighted by atomic mass is 35.5. The van der Waals surface area contributed by atoms with Gasteiger partial charge >= 0.3 is 0 Å². The molecule has 0 aliphatic heterocycles. The molecule has 4 nitrogen and oxygen atoms in total. The van der Waals surface area contributed by atoms with E-state index in [0.29, 0.717) is 10.8 Å². The van der Waals surface area contributed by atoms with Crippen LogP contribution in [0.15, 0.2) is 35.4 Å². The van der Waals surface area contributed by atoms with Gasteiger partial charge in [0.05, 0.1) is 10.5 Å². The van der Waals surface area contributed by atoms with Crippen LogP contribution in [0.5, 0.6) is 0 Å². The highest BCUT2D eigenvalue weighted by molar-refractivity contribution is 6.33. The number of nitrogens with zero attached hydrogens (tertiary/aromatic N) is 4. The number of halogens is 1. The van der Waals surface area contributed by atoms with E-state index in [1.165, 1.54) is 5.01 Å². The van der Waals surface area contributed by atoms with E-state index in [4.69, 9.17) is 16.9 Å². The summed E-state index contributed by atoms with van der Waals surface area (Å²) in [5, 5.41) is 15.2. The average molecular weight is 245 g/mol. The number of pyridine rings is 1. The Bertz CT molecular complexity index is 615. The van der Waals surface area contributed by atoms with E-state index in [9.17, 15) is 0 Å². The van der Waals surface area contributed by atoms with Gasteiger partial charge in [-0.05, 0) is 12.1 Å². The molecular formula is C12H9ClN4. The Labute approximate surface area is 104 Å². The molecule has 0 fully saturated rings. The summed E-state index contributed by atoms with van der Waals surface area (Å²) >= 11 is 6.12. The van der Waals surface area contributed by atoms with Crippen LogP contribution in [0.3, 0.4) is 0 Å². The molecule has 1 aromatic carbocycles. The summed E-state index contributed by atoms with van der Waals surface area (Å²) in [7, 11) is 1.69. The lowest BCUT2D eigenvalue weighted by molar-refractivity contribution is 0.993. The molecule has 0 radical (unpaired) electrons. The fourth-order valence-electron chi connectivity index (χ4n) is 1.47. The molecule has 1 heterocycles. The number of anilines is 1. The van der Waals surface area contributed by atoms with Gasteiger partial charge in [-0.3, -0.25) is 0 Å². The van der Waals surface area contributed by atoms with Crippen LogP contribution in [-0.4, -0.2) is 18.2 Å². The van der Waals surface area contributed by atoms with Crippen LogP contribution in [0.2, 0.25) is 5.02 Å². The number of hydrazone groups is 1. The lowest BCUT2D eigenvalue weighted by Crippen LogP contribution is -2.11. The molecule has 0 bridgehead atoms. The van der Waals surface area contributed by atoms with E-state index in [0.717, 1.165) is 17.1 Å². The third kappa shape index (κ3) is 2.35. The normalized spacial score (nSPS) is 10.6. The topological polar surface area (TPSA) is 52.3 Å². The van der Waals surface area contributed by atoms with E-state index in [1.807, 2.05) is 36.4 Å². The molecule has 84 valence electrons. The van der Waals surface area contributed by atoms with Crippen LogP contribution in [0, 0.1) is 11.3 Å². The van der Waals surface area contributed by atoms with E-state index < -0.39 is 0 Å². The Morgan fingerprint density at radius 3 is 3.00 bits per heavy atom. The number of nitriles is 1. The lowest BCUT2D eigenvalue weighted by Gasteiger charge is -2.13. The minimum Gasteiger partial charge on any atom is -0.249 e. The van der Waals surface area contributed by atoms with Crippen molar-refractivity contribution in [3.05, 3.63) is 35.4 Å². The smallest absolute Gasteiger partial charge is 0.168 e. The predicted octanol–water partition coefficient (Wildman–Crippen LogP) is 2.83. The molecule has 0 saturated carbocycles. The van der Waals surface area contributed by atoms with Crippen LogP contribution < -0.4 is 5.01 Å². The highest BCUT2D eigenvalue weighted by Crippen LogP contribution is 2.26. The molecule has 0 aliphatic rings. The second-order valence-electron chi connectivity index (χ2n) is 3.38. The van der Waals surface area contributed by atoms with Gasteiger partial charge in [-0.2, -0.15) is 10.4 Å². The maximum Gasteiger partial charge on any atom is 0.168 e. The highest BCUT2D eigenvalue weighted by Gasteiger charge is 2.08. The average Bonchev–Trinajstić information content (AvgIpc) is 2.35. The van der Waals surface area contributed by atoms with E-state index in [2.05, 4.69) is 10.1 Å². The van der Waals surface area contributed by atoms with Gasteiger partial charge < -0.3 is 0 Å². The molecule has 2 rings (SSSR count). The number of hydrogen-bond donors (Lipinski definition) is 0. The van der Waals surface area contributed by atoms with Crippen molar-refractivity contribution in [2.75, 3.05) is 12.1 Å². The number of rotatable bonds is 2. The van der Waals surface area contributed by atoms with Crippen LogP contribution in [0.25, 0.3) is 10.9 Å². The van der Waals surface area contributed by atoms with Gasteiger partial charge in [-0.25, -0.2) is 9.99 Å². The zero-order chi connectivity index (χ0) is 12.3. The van der Waals surface area contributed by atoms with Gasteiger partial charge in [-0.1, -0.05) is 29.8 Å².